The van der Waals surface area contributed by atoms with Crippen LogP contribution >= 0.6 is 11.6 Å². The summed E-state index contributed by atoms with van der Waals surface area (Å²) in [5.41, 5.74) is 2.83. The molecule has 4 rings (SSSR count). The molecule has 1 unspecified atom stereocenters. The molecule has 8 heteroatoms. The average Bonchev–Trinajstić information content (AvgIpc) is 3.13. The molecule has 7 nitrogen and oxygen atoms in total. The summed E-state index contributed by atoms with van der Waals surface area (Å²) in [6.45, 7) is 5.55. The normalized spacial score (nSPS) is 14.2. The van der Waals surface area contributed by atoms with E-state index in [4.69, 9.17) is 20.8 Å². The summed E-state index contributed by atoms with van der Waals surface area (Å²) in [7, 11) is 0. The minimum atomic E-state index is -0.700. The van der Waals surface area contributed by atoms with Crippen molar-refractivity contribution >= 4 is 29.1 Å². The van der Waals surface area contributed by atoms with Crippen LogP contribution in [0, 0.1) is 19.8 Å². The Kier molecular flexibility index (Phi) is 7.22. The summed E-state index contributed by atoms with van der Waals surface area (Å²) in [5.74, 6) is 1.43. The van der Waals surface area contributed by atoms with Crippen LogP contribution in [0.2, 0.25) is 5.02 Å². The average molecular weight is 482 g/mol. The molecule has 1 heterocycles. The van der Waals surface area contributed by atoms with Crippen LogP contribution in [0.5, 0.6) is 5.75 Å². The Morgan fingerprint density at radius 2 is 1.97 bits per heavy atom. The van der Waals surface area contributed by atoms with Crippen molar-refractivity contribution in [2.24, 2.45) is 5.92 Å². The maximum Gasteiger partial charge on any atom is 0.261 e. The number of oxazole rings is 1. The zero-order valence-electron chi connectivity index (χ0n) is 19.5. The van der Waals surface area contributed by atoms with Crippen molar-refractivity contribution in [2.75, 3.05) is 5.32 Å². The van der Waals surface area contributed by atoms with Gasteiger partial charge in [0, 0.05) is 10.9 Å². The predicted molar refractivity (Wildman–Crippen MR) is 131 cm³/mol. The number of rotatable bonds is 8. The first-order chi connectivity index (χ1) is 16.3. The Labute approximate surface area is 203 Å². The third-order valence-corrected chi connectivity index (χ3v) is 6.26. The van der Waals surface area contributed by atoms with E-state index >= 15 is 0 Å². The summed E-state index contributed by atoms with van der Waals surface area (Å²) in [6.07, 6.45) is 2.25. The van der Waals surface area contributed by atoms with Gasteiger partial charge in [0.25, 0.3) is 5.91 Å². The van der Waals surface area contributed by atoms with Gasteiger partial charge in [-0.1, -0.05) is 30.2 Å². The quantitative estimate of drug-likeness (QED) is 0.447. The Bertz CT molecular complexity index is 1200. The number of aryl methyl sites for hydroxylation is 2. The maximum atomic E-state index is 12.6. The molecule has 0 radical (unpaired) electrons. The third kappa shape index (κ3) is 5.42. The third-order valence-electron chi connectivity index (χ3n) is 6.02. The van der Waals surface area contributed by atoms with Crippen LogP contribution in [0.4, 0.5) is 5.69 Å². The van der Waals surface area contributed by atoms with Crippen molar-refractivity contribution in [1.82, 2.24) is 10.3 Å². The van der Waals surface area contributed by atoms with E-state index in [0.717, 1.165) is 24.8 Å². The Morgan fingerprint density at radius 1 is 1.21 bits per heavy atom. The highest BCUT2D eigenvalue weighted by Gasteiger charge is 2.26. The number of hydrogen-bond donors (Lipinski definition) is 2. The molecule has 0 spiro atoms. The van der Waals surface area contributed by atoms with Gasteiger partial charge in [-0.05, 0) is 69.5 Å². The Morgan fingerprint density at radius 3 is 2.68 bits per heavy atom. The number of aromatic nitrogens is 1. The number of para-hydroxylation sites is 1. The fourth-order valence-electron chi connectivity index (χ4n) is 3.69. The standard InChI is InChI=1S/C26H28ClN3O4/c1-15-13-19(27)11-12-23(15)33-17(3)24(31)28-14-22-16(2)34-26(30-22)20-9-4-5-10-21(20)29-25(32)18-7-6-8-18/h4-5,9-13,17-18H,6-8,14H2,1-3H3,(H,28,31)(H,29,32). The van der Waals surface area contributed by atoms with Gasteiger partial charge in [0.15, 0.2) is 6.10 Å². The van der Waals surface area contributed by atoms with Crippen LogP contribution in [-0.2, 0) is 16.1 Å². The van der Waals surface area contributed by atoms with Gasteiger partial charge < -0.3 is 19.8 Å². The van der Waals surface area contributed by atoms with Crippen molar-refractivity contribution in [2.45, 2.75) is 52.7 Å². The van der Waals surface area contributed by atoms with Crippen molar-refractivity contribution in [3.05, 3.63) is 64.5 Å². The van der Waals surface area contributed by atoms with E-state index < -0.39 is 6.10 Å². The molecule has 1 aliphatic rings. The topological polar surface area (TPSA) is 93.5 Å². The van der Waals surface area contributed by atoms with E-state index in [1.165, 1.54) is 0 Å². The van der Waals surface area contributed by atoms with Crippen LogP contribution in [0.15, 0.2) is 46.9 Å². The number of ether oxygens (including phenoxy) is 1. The lowest BCUT2D eigenvalue weighted by Gasteiger charge is -2.24. The molecule has 1 aliphatic carbocycles. The summed E-state index contributed by atoms with van der Waals surface area (Å²) in [4.78, 5) is 29.6. The molecule has 3 aromatic rings. The number of hydrogen-bond acceptors (Lipinski definition) is 5. The minimum absolute atomic E-state index is 0.0272. The van der Waals surface area contributed by atoms with Gasteiger partial charge in [-0.2, -0.15) is 0 Å². The molecule has 1 aromatic heterocycles. The number of carbonyl (C=O) groups excluding carboxylic acids is 2. The van der Waals surface area contributed by atoms with Crippen molar-refractivity contribution in [3.8, 4) is 17.2 Å². The Balaban J connectivity index is 1.40. The highest BCUT2D eigenvalue weighted by molar-refractivity contribution is 6.30. The van der Waals surface area contributed by atoms with E-state index in [1.807, 2.05) is 31.2 Å². The van der Waals surface area contributed by atoms with E-state index in [1.54, 1.807) is 32.0 Å². The second-order valence-corrected chi connectivity index (χ2v) is 9.01. The molecule has 1 atom stereocenters. The lowest BCUT2D eigenvalue weighted by Crippen LogP contribution is -2.36. The number of amides is 2. The van der Waals surface area contributed by atoms with Crippen LogP contribution in [0.3, 0.4) is 0 Å². The first-order valence-corrected chi connectivity index (χ1v) is 11.8. The number of anilines is 1. The van der Waals surface area contributed by atoms with E-state index in [2.05, 4.69) is 15.6 Å². The largest absolute Gasteiger partial charge is 0.481 e. The predicted octanol–water partition coefficient (Wildman–Crippen LogP) is 5.43. The first kappa shape index (κ1) is 23.8. The molecule has 0 saturated heterocycles. The van der Waals surface area contributed by atoms with Gasteiger partial charge in [0.05, 0.1) is 17.8 Å². The van der Waals surface area contributed by atoms with Crippen LogP contribution < -0.4 is 15.4 Å². The zero-order chi connectivity index (χ0) is 24.2. The van der Waals surface area contributed by atoms with Gasteiger partial charge >= 0.3 is 0 Å². The van der Waals surface area contributed by atoms with Crippen LogP contribution in [0.1, 0.15) is 43.2 Å². The molecular formula is C26H28ClN3O4. The van der Waals surface area contributed by atoms with E-state index in [0.29, 0.717) is 39.4 Å². The number of halogens is 1. The van der Waals surface area contributed by atoms with Crippen molar-refractivity contribution < 1.29 is 18.7 Å². The molecule has 0 aliphatic heterocycles. The van der Waals surface area contributed by atoms with Gasteiger partial charge in [-0.15, -0.1) is 0 Å². The van der Waals surface area contributed by atoms with Crippen molar-refractivity contribution in [1.29, 1.82) is 0 Å². The summed E-state index contributed by atoms with van der Waals surface area (Å²) in [6, 6.07) is 12.7. The van der Waals surface area contributed by atoms with Gasteiger partial charge in [0.2, 0.25) is 11.8 Å². The number of carbonyl (C=O) groups is 2. The highest BCUT2D eigenvalue weighted by Crippen LogP contribution is 2.32. The molecule has 178 valence electrons. The Hall–Kier alpha value is -3.32. The van der Waals surface area contributed by atoms with Crippen LogP contribution in [-0.4, -0.2) is 22.9 Å². The minimum Gasteiger partial charge on any atom is -0.481 e. The fraction of sp³-hybridized carbons (Fsp3) is 0.346. The molecule has 2 amide bonds. The lowest BCUT2D eigenvalue weighted by molar-refractivity contribution is -0.127. The summed E-state index contributed by atoms with van der Waals surface area (Å²) < 4.78 is 11.7. The molecular weight excluding hydrogens is 454 g/mol. The second kappa shape index (κ2) is 10.3. The fourth-order valence-corrected chi connectivity index (χ4v) is 3.92. The first-order valence-electron chi connectivity index (χ1n) is 11.4. The molecule has 1 saturated carbocycles. The number of nitrogens with one attached hydrogen (secondary N) is 2. The number of benzene rings is 2. The second-order valence-electron chi connectivity index (χ2n) is 8.57. The zero-order valence-corrected chi connectivity index (χ0v) is 20.2. The molecule has 2 aromatic carbocycles. The SMILES string of the molecule is Cc1cc(Cl)ccc1OC(C)C(=O)NCc1nc(-c2ccccc2NC(=O)C2CCC2)oc1C. The maximum absolute atomic E-state index is 12.6. The monoisotopic (exact) mass is 481 g/mol. The molecule has 34 heavy (non-hydrogen) atoms. The highest BCUT2D eigenvalue weighted by atomic mass is 35.5. The van der Waals surface area contributed by atoms with Gasteiger partial charge in [0.1, 0.15) is 17.2 Å². The molecule has 1 fully saturated rings. The van der Waals surface area contributed by atoms with E-state index in [9.17, 15) is 9.59 Å². The van der Waals surface area contributed by atoms with Crippen LogP contribution in [0.25, 0.3) is 11.5 Å². The summed E-state index contributed by atoms with van der Waals surface area (Å²) >= 11 is 5.98. The molecule has 2 N–H and O–H groups in total. The van der Waals surface area contributed by atoms with E-state index in [-0.39, 0.29) is 24.3 Å². The van der Waals surface area contributed by atoms with Gasteiger partial charge in [-0.3, -0.25) is 9.59 Å². The smallest absolute Gasteiger partial charge is 0.261 e. The summed E-state index contributed by atoms with van der Waals surface area (Å²) in [5, 5.41) is 6.47. The van der Waals surface area contributed by atoms with Crippen molar-refractivity contribution in [3.63, 3.8) is 0 Å². The molecule has 0 bridgehead atoms. The van der Waals surface area contributed by atoms with Gasteiger partial charge in [-0.25, -0.2) is 4.98 Å². The lowest BCUT2D eigenvalue weighted by atomic mass is 9.85. The number of nitrogens with zero attached hydrogens (tertiary/aromatic N) is 1.